The van der Waals surface area contributed by atoms with E-state index in [1.165, 1.54) is 6.07 Å². The number of nitrogens with one attached hydrogen (secondary N) is 2. The number of aromatic amines is 1. The highest BCUT2D eigenvalue weighted by Gasteiger charge is 2.38. The van der Waals surface area contributed by atoms with Crippen LogP contribution in [0.1, 0.15) is 23.3 Å². The van der Waals surface area contributed by atoms with Gasteiger partial charge in [0.1, 0.15) is 11.5 Å². The number of carbonyl (C=O) groups excluding carboxylic acids is 2. The number of halogens is 1. The van der Waals surface area contributed by atoms with E-state index in [1.807, 2.05) is 0 Å². The number of likely N-dealkylation sites (tertiary alicyclic amines) is 1. The molecule has 0 unspecified atom stereocenters. The molecular weight excluding hydrogens is 311 g/mol. The Bertz CT molecular complexity index is 803. The van der Waals surface area contributed by atoms with Crippen LogP contribution in [0.15, 0.2) is 30.3 Å². The number of hydrogen-bond donors (Lipinski definition) is 2. The molecular formula is C17H17FN4O2. The van der Waals surface area contributed by atoms with Crippen molar-refractivity contribution in [2.45, 2.75) is 18.9 Å². The first-order chi connectivity index (χ1) is 11.6. The predicted molar refractivity (Wildman–Crippen MR) is 84.5 cm³/mol. The van der Waals surface area contributed by atoms with Gasteiger partial charge in [0, 0.05) is 37.0 Å². The lowest BCUT2D eigenvalue weighted by Crippen LogP contribution is -2.47. The Morgan fingerprint density at radius 1 is 1.33 bits per heavy atom. The largest absolute Gasteiger partial charge is 0.353 e. The number of rotatable bonds is 2. The molecule has 0 bridgehead atoms. The summed E-state index contributed by atoms with van der Waals surface area (Å²) in [6.07, 6.45) is 1.23. The maximum atomic E-state index is 13.8. The topological polar surface area (TPSA) is 78.1 Å². The molecule has 2 N–H and O–H groups in total. The molecule has 2 saturated heterocycles. The van der Waals surface area contributed by atoms with Crippen LogP contribution < -0.4 is 5.32 Å². The third-order valence-electron chi connectivity index (χ3n) is 4.77. The zero-order valence-corrected chi connectivity index (χ0v) is 13.0. The zero-order chi connectivity index (χ0) is 16.7. The van der Waals surface area contributed by atoms with Gasteiger partial charge in [-0.05, 0) is 24.6 Å². The molecule has 2 fully saturated rings. The van der Waals surface area contributed by atoms with Crippen molar-refractivity contribution in [3.8, 4) is 11.3 Å². The Hall–Kier alpha value is -2.70. The Balaban J connectivity index is 1.52. The Kier molecular flexibility index (Phi) is 3.55. The van der Waals surface area contributed by atoms with Crippen molar-refractivity contribution in [3.63, 3.8) is 0 Å². The molecule has 124 valence electrons. The monoisotopic (exact) mass is 328 g/mol. The molecule has 2 atom stereocenters. The predicted octanol–water partition coefficient (Wildman–Crippen LogP) is 1.57. The van der Waals surface area contributed by atoms with E-state index in [2.05, 4.69) is 15.5 Å². The van der Waals surface area contributed by atoms with Crippen LogP contribution in [0.4, 0.5) is 4.39 Å². The zero-order valence-electron chi connectivity index (χ0n) is 13.0. The first-order valence-electron chi connectivity index (χ1n) is 8.01. The number of hydrogen-bond acceptors (Lipinski definition) is 3. The third-order valence-corrected chi connectivity index (χ3v) is 4.77. The molecule has 0 aliphatic carbocycles. The van der Waals surface area contributed by atoms with Crippen molar-refractivity contribution in [2.75, 3.05) is 13.1 Å². The fraction of sp³-hybridized carbons (Fsp3) is 0.353. The van der Waals surface area contributed by atoms with Gasteiger partial charge in [-0.15, -0.1) is 0 Å². The number of fused-ring (bicyclic) bond motifs is 1. The summed E-state index contributed by atoms with van der Waals surface area (Å²) in [6, 6.07) is 8.08. The van der Waals surface area contributed by atoms with Crippen LogP contribution in [0.25, 0.3) is 11.3 Å². The third kappa shape index (κ3) is 2.55. The second-order valence-electron chi connectivity index (χ2n) is 6.32. The van der Waals surface area contributed by atoms with E-state index in [1.54, 1.807) is 29.2 Å². The normalized spacial score (nSPS) is 23.0. The van der Waals surface area contributed by atoms with Crippen LogP contribution in [0.2, 0.25) is 0 Å². The summed E-state index contributed by atoms with van der Waals surface area (Å²) in [5.41, 5.74) is 1.10. The number of amides is 2. The molecule has 2 aromatic rings. The van der Waals surface area contributed by atoms with E-state index in [0.29, 0.717) is 36.5 Å². The minimum absolute atomic E-state index is 0.0580. The molecule has 3 heterocycles. The molecule has 0 radical (unpaired) electrons. The summed E-state index contributed by atoms with van der Waals surface area (Å²) in [5, 5.41) is 9.72. The van der Waals surface area contributed by atoms with Crippen LogP contribution in [0.5, 0.6) is 0 Å². The molecule has 2 aliphatic rings. The summed E-state index contributed by atoms with van der Waals surface area (Å²) >= 11 is 0. The van der Waals surface area contributed by atoms with Gasteiger partial charge in [0.2, 0.25) is 5.91 Å². The van der Waals surface area contributed by atoms with Gasteiger partial charge in [0.25, 0.3) is 5.91 Å². The number of carbonyl (C=O) groups is 2. The number of nitrogens with zero attached hydrogens (tertiary/aromatic N) is 2. The highest BCUT2D eigenvalue weighted by atomic mass is 19.1. The van der Waals surface area contributed by atoms with E-state index < -0.39 is 0 Å². The molecule has 2 amide bonds. The van der Waals surface area contributed by atoms with Crippen molar-refractivity contribution < 1.29 is 14.0 Å². The number of aromatic nitrogens is 2. The van der Waals surface area contributed by atoms with Gasteiger partial charge in [-0.3, -0.25) is 14.7 Å². The summed E-state index contributed by atoms with van der Waals surface area (Å²) in [4.78, 5) is 25.9. The minimum Gasteiger partial charge on any atom is -0.353 e. The molecule has 1 aromatic heterocycles. The summed E-state index contributed by atoms with van der Waals surface area (Å²) < 4.78 is 13.8. The van der Waals surface area contributed by atoms with Crippen LogP contribution in [0.3, 0.4) is 0 Å². The van der Waals surface area contributed by atoms with E-state index >= 15 is 0 Å². The first-order valence-corrected chi connectivity index (χ1v) is 8.01. The average Bonchev–Trinajstić information content (AvgIpc) is 3.19. The van der Waals surface area contributed by atoms with Gasteiger partial charge in [-0.25, -0.2) is 4.39 Å². The van der Waals surface area contributed by atoms with Crippen molar-refractivity contribution >= 4 is 11.8 Å². The van der Waals surface area contributed by atoms with E-state index in [9.17, 15) is 14.0 Å². The molecule has 24 heavy (non-hydrogen) atoms. The highest BCUT2D eigenvalue weighted by molar-refractivity contribution is 5.93. The Morgan fingerprint density at radius 3 is 3.00 bits per heavy atom. The average molecular weight is 328 g/mol. The highest BCUT2D eigenvalue weighted by Crippen LogP contribution is 2.27. The van der Waals surface area contributed by atoms with E-state index in [4.69, 9.17) is 0 Å². The van der Waals surface area contributed by atoms with Gasteiger partial charge in [-0.1, -0.05) is 12.1 Å². The van der Waals surface area contributed by atoms with Crippen LogP contribution in [-0.2, 0) is 4.79 Å². The first kappa shape index (κ1) is 14.9. The fourth-order valence-corrected chi connectivity index (χ4v) is 3.53. The molecule has 4 rings (SSSR count). The second kappa shape index (κ2) is 5.74. The Morgan fingerprint density at radius 2 is 2.17 bits per heavy atom. The van der Waals surface area contributed by atoms with Crippen LogP contribution >= 0.6 is 0 Å². The van der Waals surface area contributed by atoms with Crippen molar-refractivity contribution in [1.29, 1.82) is 0 Å². The standard InChI is InChI=1S/C17H17FN4O2/c18-12-4-2-1-3-11(12)14-8-15(21-20-14)17(24)22-6-5-13-10(9-22)7-16(23)19-13/h1-4,8,10,13H,5-7,9H2,(H,19,23)(H,20,21)/t10-,13+/m1/s1. The SMILES string of the molecule is O=C1C[C@@H]2CN(C(=O)c3cc(-c4ccccc4F)n[nH]3)CC[C@@H]2N1. The number of piperidine rings is 1. The molecule has 0 saturated carbocycles. The molecule has 2 aliphatic heterocycles. The lowest BCUT2D eigenvalue weighted by molar-refractivity contribution is -0.119. The van der Waals surface area contributed by atoms with E-state index in [0.717, 1.165) is 6.42 Å². The molecule has 1 aromatic carbocycles. The van der Waals surface area contributed by atoms with Crippen molar-refractivity contribution in [1.82, 2.24) is 20.4 Å². The summed E-state index contributed by atoms with van der Waals surface area (Å²) in [6.45, 7) is 1.14. The maximum absolute atomic E-state index is 13.8. The minimum atomic E-state index is -0.376. The molecule has 7 heteroatoms. The lowest BCUT2D eigenvalue weighted by atomic mass is 9.93. The summed E-state index contributed by atoms with van der Waals surface area (Å²) in [5.74, 6) is -0.311. The van der Waals surface area contributed by atoms with Gasteiger partial charge >= 0.3 is 0 Å². The number of benzene rings is 1. The van der Waals surface area contributed by atoms with Gasteiger partial charge in [0.05, 0.1) is 5.69 Å². The van der Waals surface area contributed by atoms with Gasteiger partial charge < -0.3 is 10.2 Å². The van der Waals surface area contributed by atoms with Gasteiger partial charge in [0.15, 0.2) is 0 Å². The lowest BCUT2D eigenvalue weighted by Gasteiger charge is -2.33. The Labute approximate surface area is 138 Å². The quantitative estimate of drug-likeness (QED) is 0.878. The smallest absolute Gasteiger partial charge is 0.271 e. The van der Waals surface area contributed by atoms with E-state index in [-0.39, 0.29) is 29.6 Å². The second-order valence-corrected chi connectivity index (χ2v) is 6.32. The molecule has 6 nitrogen and oxygen atoms in total. The molecule has 0 spiro atoms. The number of H-pyrrole nitrogens is 1. The van der Waals surface area contributed by atoms with Crippen molar-refractivity contribution in [2.24, 2.45) is 5.92 Å². The van der Waals surface area contributed by atoms with Crippen LogP contribution in [0, 0.1) is 11.7 Å². The maximum Gasteiger partial charge on any atom is 0.271 e. The summed E-state index contributed by atoms with van der Waals surface area (Å²) in [7, 11) is 0. The van der Waals surface area contributed by atoms with Gasteiger partial charge in [-0.2, -0.15) is 5.10 Å². The van der Waals surface area contributed by atoms with Crippen molar-refractivity contribution in [3.05, 3.63) is 41.8 Å². The fourth-order valence-electron chi connectivity index (χ4n) is 3.53. The van der Waals surface area contributed by atoms with Crippen LogP contribution in [-0.4, -0.2) is 46.0 Å².